The molecule has 14 heavy (non-hydrogen) atoms. The van der Waals surface area contributed by atoms with Gasteiger partial charge in [-0.25, -0.2) is 8.96 Å². The normalized spacial score (nSPS) is 10.1. The number of halogens is 1. The first-order valence-corrected chi connectivity index (χ1v) is 4.90. The molecular weight excluding hydrogens is 214 g/mol. The highest BCUT2D eigenvalue weighted by Gasteiger charge is 2.00. The number of hydrogen-bond donors (Lipinski definition) is 5. The lowest BCUT2D eigenvalue weighted by Gasteiger charge is -1.97. The first kappa shape index (κ1) is 13.0. The van der Waals surface area contributed by atoms with E-state index in [-0.39, 0.29) is 5.82 Å². The fourth-order valence-corrected chi connectivity index (χ4v) is 0.578. The van der Waals surface area contributed by atoms with Crippen LogP contribution in [-0.2, 0) is 4.57 Å². The SMILES string of the molecule is NNc1ccccc1F.O=P(O)(O)O. The zero-order chi connectivity index (χ0) is 11.2. The Morgan fingerprint density at radius 3 is 2.00 bits per heavy atom. The van der Waals surface area contributed by atoms with Crippen molar-refractivity contribution in [3.63, 3.8) is 0 Å². The average Bonchev–Trinajstić information content (AvgIpc) is 2.02. The van der Waals surface area contributed by atoms with Gasteiger partial charge < -0.3 is 20.1 Å². The molecule has 8 heteroatoms. The topological polar surface area (TPSA) is 116 Å². The van der Waals surface area contributed by atoms with Crippen LogP contribution in [-0.4, -0.2) is 14.7 Å². The van der Waals surface area contributed by atoms with Crippen molar-refractivity contribution in [1.29, 1.82) is 0 Å². The lowest BCUT2D eigenvalue weighted by atomic mass is 10.3. The second kappa shape index (κ2) is 5.69. The van der Waals surface area contributed by atoms with E-state index in [1.54, 1.807) is 18.2 Å². The third kappa shape index (κ3) is 7.66. The van der Waals surface area contributed by atoms with Crippen LogP contribution >= 0.6 is 7.82 Å². The Morgan fingerprint density at radius 2 is 1.71 bits per heavy atom. The fourth-order valence-electron chi connectivity index (χ4n) is 0.578. The molecule has 0 amide bonds. The van der Waals surface area contributed by atoms with E-state index in [2.05, 4.69) is 5.43 Å². The molecule has 0 aliphatic carbocycles. The Bertz CT molecular complexity index is 321. The molecule has 0 spiro atoms. The number of nitrogen functional groups attached to an aromatic ring is 1. The molecule has 0 fully saturated rings. The van der Waals surface area contributed by atoms with Crippen LogP contribution in [0.25, 0.3) is 0 Å². The van der Waals surface area contributed by atoms with E-state index < -0.39 is 7.82 Å². The molecule has 0 aromatic heterocycles. The van der Waals surface area contributed by atoms with Gasteiger partial charge in [0.05, 0.1) is 5.69 Å². The van der Waals surface area contributed by atoms with Gasteiger partial charge in [0.15, 0.2) is 0 Å². The van der Waals surface area contributed by atoms with Crippen molar-refractivity contribution in [2.75, 3.05) is 5.43 Å². The van der Waals surface area contributed by atoms with E-state index in [1.807, 2.05) is 0 Å². The van der Waals surface area contributed by atoms with Gasteiger partial charge in [-0.1, -0.05) is 12.1 Å². The summed E-state index contributed by atoms with van der Waals surface area (Å²) in [7, 11) is -4.64. The summed E-state index contributed by atoms with van der Waals surface area (Å²) in [6.45, 7) is 0. The molecule has 0 radical (unpaired) electrons. The van der Waals surface area contributed by atoms with Crippen LogP contribution < -0.4 is 11.3 Å². The molecule has 1 aromatic carbocycles. The molecule has 0 saturated heterocycles. The third-order valence-electron chi connectivity index (χ3n) is 1.03. The third-order valence-corrected chi connectivity index (χ3v) is 1.03. The fraction of sp³-hybridized carbons (Fsp3) is 0. The molecule has 0 unspecified atom stereocenters. The number of hydrogen-bond acceptors (Lipinski definition) is 3. The summed E-state index contributed by atoms with van der Waals surface area (Å²) in [5, 5.41) is 0. The number of nitrogens with two attached hydrogens (primary N) is 1. The highest BCUT2D eigenvalue weighted by atomic mass is 31.2. The summed E-state index contributed by atoms with van der Waals surface area (Å²) in [4.78, 5) is 21.6. The summed E-state index contributed by atoms with van der Waals surface area (Å²) in [5.41, 5.74) is 2.54. The van der Waals surface area contributed by atoms with Gasteiger partial charge >= 0.3 is 7.82 Å². The predicted octanol–water partition coefficient (Wildman–Crippen LogP) is 0.183. The molecule has 1 aromatic rings. The largest absolute Gasteiger partial charge is 0.466 e. The zero-order valence-electron chi connectivity index (χ0n) is 6.96. The maximum atomic E-state index is 12.4. The van der Waals surface area contributed by atoms with Gasteiger partial charge in [-0.3, -0.25) is 5.84 Å². The Balaban J connectivity index is 0.000000292. The minimum atomic E-state index is -4.64. The monoisotopic (exact) mass is 224 g/mol. The molecule has 0 heterocycles. The van der Waals surface area contributed by atoms with E-state index in [4.69, 9.17) is 25.1 Å². The number of para-hydroxylation sites is 1. The van der Waals surface area contributed by atoms with Gasteiger partial charge in [0.2, 0.25) is 0 Å². The Labute approximate surface area is 79.4 Å². The molecule has 0 aliphatic rings. The first-order chi connectivity index (χ1) is 6.34. The number of phosphoric acid groups is 1. The van der Waals surface area contributed by atoms with Crippen LogP contribution in [0.1, 0.15) is 0 Å². The molecular formula is C6H10FN2O4P. The van der Waals surface area contributed by atoms with Crippen LogP contribution in [0.3, 0.4) is 0 Å². The molecule has 0 saturated carbocycles. The summed E-state index contributed by atoms with van der Waals surface area (Å²) in [5.74, 6) is 4.63. The molecule has 6 nitrogen and oxygen atoms in total. The number of anilines is 1. The van der Waals surface area contributed by atoms with Crippen LogP contribution in [0, 0.1) is 5.82 Å². The quantitative estimate of drug-likeness (QED) is 0.264. The van der Waals surface area contributed by atoms with E-state index >= 15 is 0 Å². The number of benzene rings is 1. The van der Waals surface area contributed by atoms with E-state index in [1.165, 1.54) is 6.07 Å². The lowest BCUT2D eigenvalue weighted by Crippen LogP contribution is -2.07. The standard InChI is InChI=1S/C6H7FN2.H3O4P/c7-5-3-1-2-4-6(5)9-8;1-5(2,3)4/h1-4,9H,8H2;(H3,1,2,3,4). The van der Waals surface area contributed by atoms with E-state index in [0.29, 0.717) is 5.69 Å². The van der Waals surface area contributed by atoms with Crippen molar-refractivity contribution < 1.29 is 23.6 Å². The summed E-state index contributed by atoms with van der Waals surface area (Å²) in [6, 6.07) is 6.22. The maximum absolute atomic E-state index is 12.4. The predicted molar refractivity (Wildman–Crippen MR) is 48.5 cm³/mol. The van der Waals surface area contributed by atoms with Crippen molar-refractivity contribution in [2.24, 2.45) is 5.84 Å². The van der Waals surface area contributed by atoms with Crippen LogP contribution in [0.5, 0.6) is 0 Å². The summed E-state index contributed by atoms with van der Waals surface area (Å²) in [6.07, 6.45) is 0. The number of rotatable bonds is 1. The zero-order valence-corrected chi connectivity index (χ0v) is 7.86. The van der Waals surface area contributed by atoms with Gasteiger partial charge in [0.25, 0.3) is 0 Å². The Hall–Kier alpha value is -0.980. The van der Waals surface area contributed by atoms with Crippen LogP contribution in [0.4, 0.5) is 10.1 Å². The average molecular weight is 224 g/mol. The molecule has 80 valence electrons. The molecule has 0 aliphatic heterocycles. The number of hydrazine groups is 1. The van der Waals surface area contributed by atoms with Crippen molar-refractivity contribution in [3.8, 4) is 0 Å². The molecule has 0 bridgehead atoms. The van der Waals surface area contributed by atoms with Crippen molar-refractivity contribution in [1.82, 2.24) is 0 Å². The van der Waals surface area contributed by atoms with E-state index in [0.717, 1.165) is 0 Å². The molecule has 0 atom stereocenters. The lowest BCUT2D eigenvalue weighted by molar-refractivity contribution is 0.275. The second-order valence-electron chi connectivity index (χ2n) is 2.14. The van der Waals surface area contributed by atoms with Crippen LogP contribution in [0.15, 0.2) is 24.3 Å². The highest BCUT2D eigenvalue weighted by Crippen LogP contribution is 2.25. The maximum Gasteiger partial charge on any atom is 0.466 e. The van der Waals surface area contributed by atoms with Gasteiger partial charge in [0.1, 0.15) is 5.82 Å². The number of nitrogens with one attached hydrogen (secondary N) is 1. The van der Waals surface area contributed by atoms with Gasteiger partial charge in [-0.2, -0.15) is 0 Å². The molecule has 1 rings (SSSR count). The highest BCUT2D eigenvalue weighted by molar-refractivity contribution is 7.45. The minimum Gasteiger partial charge on any atom is -0.321 e. The summed E-state index contributed by atoms with van der Waals surface area (Å²) >= 11 is 0. The molecule has 6 N–H and O–H groups in total. The van der Waals surface area contributed by atoms with Gasteiger partial charge in [-0.05, 0) is 12.1 Å². The van der Waals surface area contributed by atoms with Gasteiger partial charge in [0, 0.05) is 0 Å². The van der Waals surface area contributed by atoms with Crippen molar-refractivity contribution >= 4 is 13.5 Å². The minimum absolute atomic E-state index is 0.317. The van der Waals surface area contributed by atoms with E-state index in [9.17, 15) is 4.39 Å². The second-order valence-corrected chi connectivity index (χ2v) is 3.16. The van der Waals surface area contributed by atoms with Crippen molar-refractivity contribution in [2.45, 2.75) is 0 Å². The van der Waals surface area contributed by atoms with Crippen LogP contribution in [0.2, 0.25) is 0 Å². The Kier molecular flexibility index (Phi) is 5.29. The van der Waals surface area contributed by atoms with Gasteiger partial charge in [-0.15, -0.1) is 0 Å². The first-order valence-electron chi connectivity index (χ1n) is 3.34. The smallest absolute Gasteiger partial charge is 0.321 e. The summed E-state index contributed by atoms with van der Waals surface area (Å²) < 4.78 is 21.3. The Morgan fingerprint density at radius 1 is 1.29 bits per heavy atom. The van der Waals surface area contributed by atoms with Crippen molar-refractivity contribution in [3.05, 3.63) is 30.1 Å².